The van der Waals surface area contributed by atoms with Gasteiger partial charge in [0.15, 0.2) is 0 Å². The summed E-state index contributed by atoms with van der Waals surface area (Å²) < 4.78 is 1.12. The Bertz CT molecular complexity index is 1310. The smallest absolute Gasteiger partial charge is 0.262 e. The second-order valence-electron chi connectivity index (χ2n) is 7.06. The zero-order valence-electron chi connectivity index (χ0n) is 16.3. The third kappa shape index (κ3) is 3.04. The first kappa shape index (κ1) is 19.1. The molecule has 0 spiro atoms. The normalized spacial score (nSPS) is 12.5. The summed E-state index contributed by atoms with van der Waals surface area (Å²) in [7, 11) is 0. The first-order valence-electron chi connectivity index (χ1n) is 9.17. The Balaban J connectivity index is 1.87. The van der Waals surface area contributed by atoms with Gasteiger partial charge in [-0.3, -0.25) is 29.1 Å². The van der Waals surface area contributed by atoms with Gasteiger partial charge in [0, 0.05) is 11.6 Å². The number of hydrogen-bond donors (Lipinski definition) is 3. The number of benzene rings is 2. The van der Waals surface area contributed by atoms with Gasteiger partial charge >= 0.3 is 0 Å². The van der Waals surface area contributed by atoms with E-state index in [2.05, 4.69) is 10.6 Å². The molecule has 0 aliphatic carbocycles. The summed E-state index contributed by atoms with van der Waals surface area (Å²) in [5, 5.41) is 4.95. The number of aryl methyl sites for hydroxylation is 2. The molecule has 0 fully saturated rings. The van der Waals surface area contributed by atoms with Crippen molar-refractivity contribution in [3.63, 3.8) is 0 Å². The molecule has 0 saturated carbocycles. The number of nitrogens with one attached hydrogen (secondary N) is 2. The summed E-state index contributed by atoms with van der Waals surface area (Å²) in [5.74, 6) is -1.85. The first-order chi connectivity index (χ1) is 14.3. The second-order valence-corrected chi connectivity index (χ2v) is 7.06. The Kier molecular flexibility index (Phi) is 4.46. The van der Waals surface area contributed by atoms with E-state index < -0.39 is 17.4 Å². The summed E-state index contributed by atoms with van der Waals surface area (Å²) >= 11 is 0. The van der Waals surface area contributed by atoms with Crippen molar-refractivity contribution in [1.82, 2.24) is 9.88 Å². The van der Waals surface area contributed by atoms with Crippen LogP contribution >= 0.6 is 0 Å². The van der Waals surface area contributed by atoms with E-state index in [9.17, 15) is 19.2 Å². The average Bonchev–Trinajstić information content (AvgIpc) is 2.97. The zero-order valence-corrected chi connectivity index (χ0v) is 16.3. The molecule has 4 N–H and O–H groups in total. The maximum absolute atomic E-state index is 12.8. The third-order valence-corrected chi connectivity index (χ3v) is 4.99. The van der Waals surface area contributed by atoms with E-state index in [-0.39, 0.29) is 22.9 Å². The predicted molar refractivity (Wildman–Crippen MR) is 112 cm³/mol. The summed E-state index contributed by atoms with van der Waals surface area (Å²) in [4.78, 5) is 49.7. The fourth-order valence-electron chi connectivity index (χ4n) is 3.48. The SMILES string of the molecule is Cc1ccc(NC(=O)c2ccccc2C)c(-n2c(N)c3c(cc2=O)C(=O)NC3=O)c1. The van der Waals surface area contributed by atoms with E-state index in [0.717, 1.165) is 21.8 Å². The fourth-order valence-corrected chi connectivity index (χ4v) is 3.48. The van der Waals surface area contributed by atoms with Crippen LogP contribution in [0.5, 0.6) is 0 Å². The summed E-state index contributed by atoms with van der Waals surface area (Å²) in [6.07, 6.45) is 0. The number of aromatic nitrogens is 1. The van der Waals surface area contributed by atoms with Gasteiger partial charge in [-0.15, -0.1) is 0 Å². The van der Waals surface area contributed by atoms with Crippen LogP contribution in [-0.4, -0.2) is 22.3 Å². The van der Waals surface area contributed by atoms with Gasteiger partial charge in [0.05, 0.1) is 22.5 Å². The highest BCUT2D eigenvalue weighted by Crippen LogP contribution is 2.28. The lowest BCUT2D eigenvalue weighted by molar-refractivity contribution is 0.0879. The molecule has 150 valence electrons. The lowest BCUT2D eigenvalue weighted by atomic mass is 10.1. The van der Waals surface area contributed by atoms with Gasteiger partial charge in [0.2, 0.25) is 0 Å². The lowest BCUT2D eigenvalue weighted by Crippen LogP contribution is -2.25. The highest BCUT2D eigenvalue weighted by atomic mass is 16.2. The van der Waals surface area contributed by atoms with Crippen LogP contribution in [-0.2, 0) is 0 Å². The highest BCUT2D eigenvalue weighted by Gasteiger charge is 2.32. The molecule has 1 aliphatic heterocycles. The van der Waals surface area contributed by atoms with Crippen molar-refractivity contribution in [2.24, 2.45) is 0 Å². The molecule has 0 saturated heterocycles. The van der Waals surface area contributed by atoms with Crippen molar-refractivity contribution in [2.75, 3.05) is 11.1 Å². The number of pyridine rings is 1. The van der Waals surface area contributed by atoms with Gasteiger partial charge in [0.1, 0.15) is 5.82 Å². The van der Waals surface area contributed by atoms with E-state index in [1.165, 1.54) is 0 Å². The van der Waals surface area contributed by atoms with Crippen molar-refractivity contribution < 1.29 is 14.4 Å². The first-order valence-corrected chi connectivity index (χ1v) is 9.17. The Morgan fingerprint density at radius 3 is 2.47 bits per heavy atom. The quantitative estimate of drug-likeness (QED) is 0.580. The summed E-state index contributed by atoms with van der Waals surface area (Å²) in [5.41, 5.74) is 8.18. The van der Waals surface area contributed by atoms with Crippen molar-refractivity contribution >= 4 is 29.2 Å². The molecule has 0 atom stereocenters. The molecule has 0 radical (unpaired) electrons. The number of carbonyl (C=O) groups excluding carboxylic acids is 3. The van der Waals surface area contributed by atoms with Crippen LogP contribution in [0.2, 0.25) is 0 Å². The fraction of sp³-hybridized carbons (Fsp3) is 0.0909. The molecule has 4 rings (SSSR count). The van der Waals surface area contributed by atoms with Crippen molar-refractivity contribution in [1.29, 1.82) is 0 Å². The van der Waals surface area contributed by atoms with Crippen molar-refractivity contribution in [3.8, 4) is 5.69 Å². The molecule has 8 heteroatoms. The molecule has 30 heavy (non-hydrogen) atoms. The van der Waals surface area contributed by atoms with Crippen LogP contribution < -0.4 is 21.9 Å². The Morgan fingerprint density at radius 1 is 1.00 bits per heavy atom. The Hall–Kier alpha value is -4.20. The number of hydrogen-bond acceptors (Lipinski definition) is 5. The van der Waals surface area contributed by atoms with Crippen molar-refractivity contribution in [3.05, 3.63) is 86.7 Å². The Labute approximate surface area is 171 Å². The third-order valence-electron chi connectivity index (χ3n) is 4.99. The number of fused-ring (bicyclic) bond motifs is 1. The molecule has 3 aromatic rings. The van der Waals surface area contributed by atoms with Gasteiger partial charge in [-0.1, -0.05) is 24.3 Å². The van der Waals surface area contributed by atoms with Gasteiger partial charge in [-0.05, 0) is 43.2 Å². The maximum atomic E-state index is 12.8. The standard InChI is InChI=1S/C22H18N4O4/c1-11-7-8-15(24-20(28)13-6-4-3-5-12(13)2)16(9-11)26-17(27)10-14-18(19(26)23)22(30)25-21(14)29/h3-10H,23H2,1-2H3,(H,24,28)(H,25,29,30). The molecular weight excluding hydrogens is 384 g/mol. The minimum absolute atomic E-state index is 0.0581. The van der Waals surface area contributed by atoms with E-state index in [0.29, 0.717) is 16.9 Å². The minimum Gasteiger partial charge on any atom is -0.384 e. The zero-order chi connectivity index (χ0) is 21.6. The summed E-state index contributed by atoms with van der Waals surface area (Å²) in [6, 6.07) is 13.3. The number of amides is 3. The van der Waals surface area contributed by atoms with Crippen LogP contribution in [0, 0.1) is 13.8 Å². The molecule has 2 heterocycles. The van der Waals surface area contributed by atoms with Crippen molar-refractivity contribution in [2.45, 2.75) is 13.8 Å². The molecule has 1 aromatic heterocycles. The number of nitrogens with two attached hydrogens (primary N) is 1. The van der Waals surface area contributed by atoms with Gasteiger partial charge in [-0.25, -0.2) is 0 Å². The predicted octanol–water partition coefficient (Wildman–Crippen LogP) is 2.17. The molecule has 1 aliphatic rings. The van der Waals surface area contributed by atoms with Crippen LogP contribution in [0.3, 0.4) is 0 Å². The van der Waals surface area contributed by atoms with E-state index in [4.69, 9.17) is 5.73 Å². The largest absolute Gasteiger partial charge is 0.384 e. The maximum Gasteiger partial charge on any atom is 0.262 e. The van der Waals surface area contributed by atoms with Crippen LogP contribution in [0.4, 0.5) is 11.5 Å². The van der Waals surface area contributed by atoms with Gasteiger partial charge in [-0.2, -0.15) is 0 Å². The van der Waals surface area contributed by atoms with Crippen LogP contribution in [0.25, 0.3) is 5.69 Å². The molecule has 0 bridgehead atoms. The van der Waals surface area contributed by atoms with Crippen LogP contribution in [0.1, 0.15) is 42.2 Å². The monoisotopic (exact) mass is 402 g/mol. The number of nitrogen functional groups attached to an aromatic ring is 1. The number of anilines is 2. The highest BCUT2D eigenvalue weighted by molar-refractivity contribution is 6.23. The second kappa shape index (κ2) is 7.00. The molecule has 2 aromatic carbocycles. The topological polar surface area (TPSA) is 123 Å². The molecular formula is C22H18N4O4. The summed E-state index contributed by atoms with van der Waals surface area (Å²) in [6.45, 7) is 3.64. The number of rotatable bonds is 3. The minimum atomic E-state index is -0.667. The van der Waals surface area contributed by atoms with E-state index in [1.807, 2.05) is 26.0 Å². The van der Waals surface area contributed by atoms with Crippen LogP contribution in [0.15, 0.2) is 53.3 Å². The molecule has 3 amide bonds. The molecule has 0 unspecified atom stereocenters. The number of carbonyl (C=O) groups is 3. The molecule has 8 nitrogen and oxygen atoms in total. The lowest BCUT2D eigenvalue weighted by Gasteiger charge is -2.17. The number of imide groups is 1. The Morgan fingerprint density at radius 2 is 1.73 bits per heavy atom. The van der Waals surface area contributed by atoms with E-state index in [1.54, 1.807) is 30.3 Å². The van der Waals surface area contributed by atoms with Gasteiger partial charge < -0.3 is 11.1 Å². The van der Waals surface area contributed by atoms with E-state index >= 15 is 0 Å². The van der Waals surface area contributed by atoms with Gasteiger partial charge in [0.25, 0.3) is 23.3 Å². The number of nitrogens with zero attached hydrogens (tertiary/aromatic N) is 1. The average molecular weight is 402 g/mol.